The van der Waals surface area contributed by atoms with E-state index < -0.39 is 0 Å². The zero-order chi connectivity index (χ0) is 5.11. The van der Waals surface area contributed by atoms with Gasteiger partial charge in [-0.3, -0.25) is 0 Å². The van der Waals surface area contributed by atoms with Crippen LogP contribution in [0.2, 0.25) is 0 Å². The summed E-state index contributed by atoms with van der Waals surface area (Å²) in [6, 6.07) is 10.2. The van der Waals surface area contributed by atoms with Crippen molar-refractivity contribution in [3.8, 4) is 0 Å². The summed E-state index contributed by atoms with van der Waals surface area (Å²) in [5.41, 5.74) is 0. The molecule has 0 amide bonds. The van der Waals surface area contributed by atoms with E-state index in [0.717, 1.165) is 0 Å². The molecule has 0 N–H and O–H groups in total. The number of hydrogen-bond acceptors (Lipinski definition) is 0. The van der Waals surface area contributed by atoms with E-state index in [1.54, 1.807) is 0 Å². The molecule has 53 valence electrons. The number of halogens is 2. The van der Waals surface area contributed by atoms with E-state index >= 15 is 0 Å². The molecule has 1 aromatic carbocycles. The molecular formula is C6H7Cl2Ru. The SMILES string of the molecule is Cl.Cl.[Ru][c]1ccccc1. The van der Waals surface area contributed by atoms with Crippen LogP contribution in [0.25, 0.3) is 0 Å². The van der Waals surface area contributed by atoms with Crippen LogP contribution < -0.4 is 4.16 Å². The second-order valence-corrected chi connectivity index (χ2v) is 2.28. The zero-order valence-corrected chi connectivity index (χ0v) is 7.93. The van der Waals surface area contributed by atoms with Crippen LogP contribution in [-0.4, -0.2) is 0 Å². The fourth-order valence-corrected chi connectivity index (χ4v) is 0.744. The molecule has 0 aliphatic carbocycles. The third-order valence-corrected chi connectivity index (χ3v) is 1.30. The average molecular weight is 251 g/mol. The van der Waals surface area contributed by atoms with E-state index in [-0.39, 0.29) is 24.8 Å². The summed E-state index contributed by atoms with van der Waals surface area (Å²) in [5, 5.41) is 0. The van der Waals surface area contributed by atoms with Crippen LogP contribution in [0.3, 0.4) is 0 Å². The van der Waals surface area contributed by atoms with Crippen molar-refractivity contribution in [3.63, 3.8) is 0 Å². The molecule has 0 bridgehead atoms. The molecule has 0 nitrogen and oxygen atoms in total. The summed E-state index contributed by atoms with van der Waals surface area (Å²) < 4.78 is 1.25. The van der Waals surface area contributed by atoms with Gasteiger partial charge >= 0.3 is 52.8 Å². The molecule has 0 fully saturated rings. The van der Waals surface area contributed by atoms with E-state index in [0.29, 0.717) is 0 Å². The molecule has 0 heterocycles. The van der Waals surface area contributed by atoms with Gasteiger partial charge in [-0.05, 0) is 0 Å². The van der Waals surface area contributed by atoms with Gasteiger partial charge < -0.3 is 0 Å². The van der Waals surface area contributed by atoms with Gasteiger partial charge in [0.05, 0.1) is 0 Å². The molecule has 0 saturated heterocycles. The van der Waals surface area contributed by atoms with Gasteiger partial charge in [-0.2, -0.15) is 0 Å². The van der Waals surface area contributed by atoms with Crippen molar-refractivity contribution in [2.45, 2.75) is 0 Å². The first-order valence-electron chi connectivity index (χ1n) is 2.09. The van der Waals surface area contributed by atoms with Gasteiger partial charge in [-0.1, -0.05) is 0 Å². The van der Waals surface area contributed by atoms with Gasteiger partial charge in [0.25, 0.3) is 0 Å². The average Bonchev–Trinajstić information content (AvgIpc) is 1.69. The van der Waals surface area contributed by atoms with E-state index in [2.05, 4.69) is 30.4 Å². The molecular weight excluding hydrogens is 244 g/mol. The minimum absolute atomic E-state index is 0. The molecule has 0 unspecified atom stereocenters. The molecule has 9 heavy (non-hydrogen) atoms. The Kier molecular flexibility index (Phi) is 8.82. The van der Waals surface area contributed by atoms with Crippen molar-refractivity contribution in [2.75, 3.05) is 0 Å². The summed E-state index contributed by atoms with van der Waals surface area (Å²) in [7, 11) is 0. The Morgan fingerprint density at radius 3 is 1.56 bits per heavy atom. The molecule has 0 atom stereocenters. The van der Waals surface area contributed by atoms with Crippen molar-refractivity contribution in [3.05, 3.63) is 30.3 Å². The Balaban J connectivity index is 0. The van der Waals surface area contributed by atoms with Gasteiger partial charge in [0.1, 0.15) is 0 Å². The second-order valence-electron chi connectivity index (χ2n) is 1.28. The summed E-state index contributed by atoms with van der Waals surface area (Å²) >= 11 is 2.54. The Morgan fingerprint density at radius 1 is 0.889 bits per heavy atom. The van der Waals surface area contributed by atoms with E-state index in [9.17, 15) is 0 Å². The molecule has 1 rings (SSSR count). The van der Waals surface area contributed by atoms with Gasteiger partial charge in [-0.25, -0.2) is 0 Å². The maximum absolute atomic E-state index is 2.54. The third-order valence-electron chi connectivity index (χ3n) is 0.725. The topological polar surface area (TPSA) is 0 Å². The molecule has 0 aliphatic heterocycles. The van der Waals surface area contributed by atoms with Gasteiger partial charge in [0, 0.05) is 0 Å². The van der Waals surface area contributed by atoms with Crippen LogP contribution in [0, 0.1) is 0 Å². The summed E-state index contributed by atoms with van der Waals surface area (Å²) in [5.74, 6) is 0. The summed E-state index contributed by atoms with van der Waals surface area (Å²) in [6.45, 7) is 0. The molecule has 0 aliphatic rings. The fraction of sp³-hybridized carbons (Fsp3) is 0. The minimum atomic E-state index is 0. The predicted octanol–water partition coefficient (Wildman–Crippen LogP) is 1.70. The van der Waals surface area contributed by atoms with Crippen LogP contribution >= 0.6 is 24.8 Å². The first-order chi connectivity index (χ1) is 3.39. The Morgan fingerprint density at radius 2 is 1.33 bits per heavy atom. The van der Waals surface area contributed by atoms with Crippen LogP contribution in [0.4, 0.5) is 0 Å². The monoisotopic (exact) mass is 251 g/mol. The first-order valence-corrected chi connectivity index (χ1v) is 2.96. The first kappa shape index (κ1) is 12.1. The van der Waals surface area contributed by atoms with E-state index in [1.807, 2.05) is 18.2 Å². The summed E-state index contributed by atoms with van der Waals surface area (Å²) in [6.07, 6.45) is 0. The molecule has 1 aromatic rings. The van der Waals surface area contributed by atoms with Gasteiger partial charge in [0.15, 0.2) is 0 Å². The zero-order valence-electron chi connectivity index (χ0n) is 4.56. The molecule has 0 aromatic heterocycles. The van der Waals surface area contributed by atoms with Crippen molar-refractivity contribution in [2.24, 2.45) is 0 Å². The van der Waals surface area contributed by atoms with Crippen molar-refractivity contribution in [1.82, 2.24) is 0 Å². The van der Waals surface area contributed by atoms with Crippen molar-refractivity contribution < 1.29 is 18.3 Å². The second kappa shape index (κ2) is 6.54. The summed E-state index contributed by atoms with van der Waals surface area (Å²) in [4.78, 5) is 0. The predicted molar refractivity (Wildman–Crippen MR) is 40.6 cm³/mol. The van der Waals surface area contributed by atoms with E-state index in [1.165, 1.54) is 4.16 Å². The van der Waals surface area contributed by atoms with Crippen LogP contribution in [0.5, 0.6) is 0 Å². The third kappa shape index (κ3) is 4.90. The number of rotatable bonds is 0. The molecule has 0 spiro atoms. The maximum atomic E-state index is 2.54. The van der Waals surface area contributed by atoms with E-state index in [4.69, 9.17) is 0 Å². The molecule has 0 radical (unpaired) electrons. The van der Waals surface area contributed by atoms with Gasteiger partial charge in [0.2, 0.25) is 0 Å². The standard InChI is InChI=1S/C6H5.2ClH.Ru/c1-2-4-6-5-3-1;;;/h1-5H;2*1H;. The number of hydrogen-bond donors (Lipinski definition) is 0. The molecule has 0 saturated carbocycles. The van der Waals surface area contributed by atoms with Crippen LogP contribution in [0.1, 0.15) is 0 Å². The fourth-order valence-electron chi connectivity index (χ4n) is 0.410. The molecule has 3 heteroatoms. The van der Waals surface area contributed by atoms with Crippen LogP contribution in [0.15, 0.2) is 30.3 Å². The van der Waals surface area contributed by atoms with Crippen molar-refractivity contribution in [1.29, 1.82) is 0 Å². The Labute approximate surface area is 77.5 Å². The Hall–Kier alpha value is 0.423. The van der Waals surface area contributed by atoms with Gasteiger partial charge in [-0.15, -0.1) is 24.8 Å². The number of benzene rings is 1. The normalized spacial score (nSPS) is 6.78. The van der Waals surface area contributed by atoms with Crippen LogP contribution in [-0.2, 0) is 18.3 Å². The Bertz CT molecular complexity index is 141. The quantitative estimate of drug-likeness (QED) is 0.616. The van der Waals surface area contributed by atoms with Crippen molar-refractivity contribution >= 4 is 29.0 Å².